The topological polar surface area (TPSA) is 94.7 Å². The number of ether oxygens (including phenoxy) is 2. The number of halogens is 3. The monoisotopic (exact) mass is 698 g/mol. The molecular weight excluding hydrogens is 682 g/mol. The summed E-state index contributed by atoms with van der Waals surface area (Å²) in [7, 11) is 1.52. The molecule has 0 fully saturated rings. The summed E-state index contributed by atoms with van der Waals surface area (Å²) in [6.45, 7) is 3.91. The van der Waals surface area contributed by atoms with E-state index in [2.05, 4.69) is 55.4 Å². The molecule has 0 aliphatic heterocycles. The van der Waals surface area contributed by atoms with Crippen LogP contribution in [0.1, 0.15) is 19.4 Å². The van der Waals surface area contributed by atoms with Gasteiger partial charge in [-0.2, -0.15) is 0 Å². The number of rotatable bonds is 8. The van der Waals surface area contributed by atoms with Crippen molar-refractivity contribution >= 4 is 80.6 Å². The predicted molar refractivity (Wildman–Crippen MR) is 140 cm³/mol. The zero-order chi connectivity index (χ0) is 23.4. The molecule has 0 saturated heterocycles. The molecule has 1 heterocycles. The molecule has 32 heavy (non-hydrogen) atoms. The van der Waals surface area contributed by atoms with Crippen LogP contribution in [-0.2, 0) is 4.79 Å². The third-order valence-electron chi connectivity index (χ3n) is 3.88. The van der Waals surface area contributed by atoms with Crippen LogP contribution in [-0.4, -0.2) is 34.5 Å². The predicted octanol–water partition coefficient (Wildman–Crippen LogP) is 6.61. The number of hydrogen-bond donors (Lipinski definition) is 1. The highest BCUT2D eigenvalue weighted by atomic mass is 127. The number of nitrogens with zero attached hydrogens (tertiary/aromatic N) is 2. The molecule has 0 radical (unpaired) electrons. The molecule has 7 nitrogen and oxygen atoms in total. The Kier molecular flexibility index (Phi) is 8.69. The maximum atomic E-state index is 11.9. The van der Waals surface area contributed by atoms with Crippen molar-refractivity contribution in [3.8, 4) is 23.0 Å². The Labute approximate surface area is 221 Å². The standard InChI is InChI=1S/C21H17ClI2N2O5S/c1-10(2)30-18-14(23)6-11(7-15(18)24)8-17(20(27)28)32-21-26-25-19(31-21)13-9-12(22)4-5-16(13)29-3/h4-10H,1-3H3,(H,27,28)/b17-8-. The smallest absolute Gasteiger partial charge is 0.342 e. The van der Waals surface area contributed by atoms with Gasteiger partial charge in [0.2, 0.25) is 0 Å². The summed E-state index contributed by atoms with van der Waals surface area (Å²) in [6, 6.07) is 8.73. The van der Waals surface area contributed by atoms with Crippen molar-refractivity contribution in [3.63, 3.8) is 0 Å². The molecule has 0 spiro atoms. The Morgan fingerprint density at radius 2 is 1.91 bits per heavy atom. The van der Waals surface area contributed by atoms with E-state index in [-0.39, 0.29) is 22.1 Å². The summed E-state index contributed by atoms with van der Waals surface area (Å²) in [5.74, 6) is 0.356. The largest absolute Gasteiger partial charge is 0.496 e. The summed E-state index contributed by atoms with van der Waals surface area (Å²) in [5.41, 5.74) is 1.24. The molecule has 2 aromatic carbocycles. The van der Waals surface area contributed by atoms with E-state index in [1.54, 1.807) is 24.3 Å². The number of carbonyl (C=O) groups is 1. The number of carboxylic acids is 1. The van der Waals surface area contributed by atoms with E-state index in [0.717, 1.165) is 30.2 Å². The lowest BCUT2D eigenvalue weighted by atomic mass is 10.2. The quantitative estimate of drug-likeness (QED) is 0.160. The molecule has 0 atom stereocenters. The number of benzene rings is 2. The first kappa shape index (κ1) is 25.1. The normalized spacial score (nSPS) is 11.7. The average Bonchev–Trinajstić information content (AvgIpc) is 3.18. The third-order valence-corrected chi connectivity index (χ3v) is 6.57. The van der Waals surface area contributed by atoms with Crippen molar-refractivity contribution in [3.05, 3.63) is 53.0 Å². The lowest BCUT2D eigenvalue weighted by Crippen LogP contribution is -2.08. The van der Waals surface area contributed by atoms with Crippen LogP contribution in [0, 0.1) is 7.14 Å². The molecule has 0 unspecified atom stereocenters. The minimum Gasteiger partial charge on any atom is -0.496 e. The molecule has 11 heteroatoms. The van der Waals surface area contributed by atoms with Gasteiger partial charge in [-0.15, -0.1) is 10.2 Å². The second-order valence-corrected chi connectivity index (χ2v) is 10.4. The van der Waals surface area contributed by atoms with Gasteiger partial charge >= 0.3 is 5.97 Å². The van der Waals surface area contributed by atoms with E-state index < -0.39 is 5.97 Å². The highest BCUT2D eigenvalue weighted by Gasteiger charge is 2.19. The molecule has 0 bridgehead atoms. The van der Waals surface area contributed by atoms with Crippen LogP contribution in [0.5, 0.6) is 11.5 Å². The fraction of sp³-hybridized carbons (Fsp3) is 0.190. The molecule has 0 saturated carbocycles. The Balaban J connectivity index is 1.90. The van der Waals surface area contributed by atoms with Crippen molar-refractivity contribution in [2.45, 2.75) is 25.2 Å². The first-order valence-corrected chi connectivity index (χ1v) is 12.5. The summed E-state index contributed by atoms with van der Waals surface area (Å²) in [5, 5.41) is 18.2. The van der Waals surface area contributed by atoms with Crippen LogP contribution in [0.15, 0.2) is 44.9 Å². The first-order chi connectivity index (χ1) is 15.2. The van der Waals surface area contributed by atoms with Gasteiger partial charge in [0.15, 0.2) is 0 Å². The lowest BCUT2D eigenvalue weighted by molar-refractivity contribution is -0.131. The Morgan fingerprint density at radius 3 is 2.50 bits per heavy atom. The fourth-order valence-electron chi connectivity index (χ4n) is 2.60. The van der Waals surface area contributed by atoms with Crippen molar-refractivity contribution in [1.82, 2.24) is 10.2 Å². The average molecular weight is 699 g/mol. The number of hydrogen-bond acceptors (Lipinski definition) is 7. The lowest BCUT2D eigenvalue weighted by Gasteiger charge is -2.14. The first-order valence-electron chi connectivity index (χ1n) is 9.14. The van der Waals surface area contributed by atoms with Crippen LogP contribution in [0.3, 0.4) is 0 Å². The van der Waals surface area contributed by atoms with E-state index in [9.17, 15) is 9.90 Å². The van der Waals surface area contributed by atoms with E-state index in [1.807, 2.05) is 26.0 Å². The Bertz CT molecular complexity index is 1160. The van der Waals surface area contributed by atoms with Gasteiger partial charge in [-0.05, 0) is 113 Å². The number of aliphatic carboxylic acids is 1. The van der Waals surface area contributed by atoms with Crippen molar-refractivity contribution in [2.75, 3.05) is 7.11 Å². The van der Waals surface area contributed by atoms with Gasteiger partial charge in [0.25, 0.3) is 11.1 Å². The fourth-order valence-corrected chi connectivity index (χ4v) is 5.51. The highest BCUT2D eigenvalue weighted by Crippen LogP contribution is 2.36. The second-order valence-electron chi connectivity index (χ2n) is 6.61. The van der Waals surface area contributed by atoms with E-state index in [1.165, 1.54) is 7.11 Å². The maximum Gasteiger partial charge on any atom is 0.342 e. The van der Waals surface area contributed by atoms with Crippen LogP contribution < -0.4 is 9.47 Å². The summed E-state index contributed by atoms with van der Waals surface area (Å²) >= 11 is 11.3. The molecule has 1 N–H and O–H groups in total. The van der Waals surface area contributed by atoms with Gasteiger partial charge in [-0.1, -0.05) is 11.6 Å². The van der Waals surface area contributed by atoms with Crippen LogP contribution >= 0.6 is 68.5 Å². The van der Waals surface area contributed by atoms with Gasteiger partial charge in [0.05, 0.1) is 25.9 Å². The van der Waals surface area contributed by atoms with Crippen molar-refractivity contribution in [2.24, 2.45) is 0 Å². The zero-order valence-electron chi connectivity index (χ0n) is 17.1. The van der Waals surface area contributed by atoms with Gasteiger partial charge in [-0.25, -0.2) is 4.79 Å². The Morgan fingerprint density at radius 1 is 1.22 bits per heavy atom. The molecule has 0 amide bonds. The SMILES string of the molecule is COc1ccc(Cl)cc1-c1nnc(S/C(=C\c2cc(I)c(OC(C)C)c(I)c2)C(=O)O)o1. The summed E-state index contributed by atoms with van der Waals surface area (Å²) in [4.78, 5) is 11.9. The molecule has 0 aliphatic carbocycles. The van der Waals surface area contributed by atoms with Crippen LogP contribution in [0.25, 0.3) is 17.5 Å². The van der Waals surface area contributed by atoms with Gasteiger partial charge < -0.3 is 19.0 Å². The summed E-state index contributed by atoms with van der Waals surface area (Å²) in [6.07, 6.45) is 1.59. The van der Waals surface area contributed by atoms with Crippen molar-refractivity contribution < 1.29 is 23.8 Å². The zero-order valence-corrected chi connectivity index (χ0v) is 22.9. The maximum absolute atomic E-state index is 11.9. The van der Waals surface area contributed by atoms with Crippen LogP contribution in [0.2, 0.25) is 5.02 Å². The third kappa shape index (κ3) is 6.29. The van der Waals surface area contributed by atoms with Gasteiger partial charge in [0.1, 0.15) is 16.4 Å². The van der Waals surface area contributed by atoms with E-state index >= 15 is 0 Å². The van der Waals surface area contributed by atoms with E-state index in [0.29, 0.717) is 16.3 Å². The molecule has 3 aromatic rings. The number of methoxy groups -OCH3 is 1. The van der Waals surface area contributed by atoms with E-state index in [4.69, 9.17) is 25.5 Å². The van der Waals surface area contributed by atoms with Crippen molar-refractivity contribution in [1.29, 1.82) is 0 Å². The minimum atomic E-state index is -1.11. The van der Waals surface area contributed by atoms with Gasteiger partial charge in [-0.3, -0.25) is 0 Å². The molecular formula is C21H17ClI2N2O5S. The second kappa shape index (κ2) is 11.1. The Hall–Kier alpha value is -1.51. The van der Waals surface area contributed by atoms with Crippen LogP contribution in [0.4, 0.5) is 0 Å². The minimum absolute atomic E-state index is 0.0300. The number of carboxylic acid groups (broad SMARTS) is 1. The number of aromatic nitrogens is 2. The molecule has 1 aromatic heterocycles. The molecule has 168 valence electrons. The summed E-state index contributed by atoms with van der Waals surface area (Å²) < 4.78 is 18.6. The van der Waals surface area contributed by atoms with Gasteiger partial charge in [0, 0.05) is 5.02 Å². The molecule has 0 aliphatic rings. The number of thioether (sulfide) groups is 1. The highest BCUT2D eigenvalue weighted by molar-refractivity contribution is 14.1. The molecule has 3 rings (SSSR count).